The van der Waals surface area contributed by atoms with Crippen LogP contribution < -0.4 is 9.80 Å². The van der Waals surface area contributed by atoms with Crippen molar-refractivity contribution >= 4 is 27.3 Å². The minimum Gasteiger partial charge on any atom is -0.337 e. The van der Waals surface area contributed by atoms with Crippen LogP contribution in [0.4, 0.5) is 17.5 Å². The van der Waals surface area contributed by atoms with Gasteiger partial charge in [0.05, 0.1) is 11.5 Å². The average Bonchev–Trinajstić information content (AvgIpc) is 3.19. The molecule has 0 spiro atoms. The summed E-state index contributed by atoms with van der Waals surface area (Å²) in [5.41, 5.74) is 2.52. The van der Waals surface area contributed by atoms with E-state index in [-0.39, 0.29) is 17.5 Å². The van der Waals surface area contributed by atoms with Crippen LogP contribution in [-0.4, -0.2) is 49.0 Å². The van der Waals surface area contributed by atoms with Crippen LogP contribution in [-0.2, 0) is 16.3 Å². The van der Waals surface area contributed by atoms with Crippen LogP contribution in [0, 0.1) is 0 Å². The first-order valence-electron chi connectivity index (χ1n) is 8.73. The molecule has 1 atom stereocenters. The molecule has 2 aliphatic heterocycles. The minimum absolute atomic E-state index is 0.0314. The second-order valence-electron chi connectivity index (χ2n) is 6.59. The summed E-state index contributed by atoms with van der Waals surface area (Å²) in [6.07, 6.45) is 3.43. The van der Waals surface area contributed by atoms with E-state index in [1.807, 2.05) is 24.0 Å². The van der Waals surface area contributed by atoms with Gasteiger partial charge in [0.1, 0.15) is 5.82 Å². The van der Waals surface area contributed by atoms with Gasteiger partial charge < -0.3 is 9.80 Å². The zero-order valence-electron chi connectivity index (χ0n) is 14.3. The Morgan fingerprint density at radius 2 is 2.12 bits per heavy atom. The van der Waals surface area contributed by atoms with Crippen molar-refractivity contribution in [2.75, 3.05) is 34.4 Å². The van der Waals surface area contributed by atoms with Crippen molar-refractivity contribution in [3.63, 3.8) is 0 Å². The molecule has 25 heavy (non-hydrogen) atoms. The molecule has 0 N–H and O–H groups in total. The minimum atomic E-state index is -2.93. The summed E-state index contributed by atoms with van der Waals surface area (Å²) in [6, 6.07) is 10.3. The number of sulfone groups is 1. The number of fused-ring (bicyclic) bond motifs is 1. The third kappa shape index (κ3) is 3.08. The third-order valence-corrected chi connectivity index (χ3v) is 6.79. The van der Waals surface area contributed by atoms with Gasteiger partial charge in [-0.05, 0) is 37.5 Å². The van der Waals surface area contributed by atoms with Gasteiger partial charge in [-0.2, -0.15) is 4.98 Å². The van der Waals surface area contributed by atoms with Gasteiger partial charge in [0.15, 0.2) is 9.84 Å². The van der Waals surface area contributed by atoms with Gasteiger partial charge in [-0.3, -0.25) is 0 Å². The molecular weight excluding hydrogens is 336 g/mol. The third-order valence-electron chi connectivity index (χ3n) is 5.04. The predicted octanol–water partition coefficient (Wildman–Crippen LogP) is 2.18. The molecule has 7 heteroatoms. The van der Waals surface area contributed by atoms with Crippen LogP contribution in [0.3, 0.4) is 0 Å². The lowest BCUT2D eigenvalue weighted by Crippen LogP contribution is -2.37. The van der Waals surface area contributed by atoms with E-state index in [1.165, 1.54) is 11.3 Å². The SMILES string of the molecule is CCN(c1nccc(N2CCc3ccccc32)n1)C1CCS(=O)(=O)C1. The smallest absolute Gasteiger partial charge is 0.227 e. The number of para-hydroxylation sites is 1. The molecule has 1 fully saturated rings. The number of nitrogens with zero attached hydrogens (tertiary/aromatic N) is 4. The first-order valence-corrected chi connectivity index (χ1v) is 10.5. The highest BCUT2D eigenvalue weighted by atomic mass is 32.2. The highest BCUT2D eigenvalue weighted by molar-refractivity contribution is 7.91. The van der Waals surface area contributed by atoms with Crippen molar-refractivity contribution in [1.82, 2.24) is 9.97 Å². The van der Waals surface area contributed by atoms with Gasteiger partial charge in [-0.25, -0.2) is 13.4 Å². The quantitative estimate of drug-likeness (QED) is 0.835. The maximum Gasteiger partial charge on any atom is 0.227 e. The second-order valence-corrected chi connectivity index (χ2v) is 8.82. The van der Waals surface area contributed by atoms with Gasteiger partial charge in [0, 0.05) is 31.0 Å². The highest BCUT2D eigenvalue weighted by Crippen LogP contribution is 2.33. The molecule has 1 unspecified atom stereocenters. The fourth-order valence-corrected chi connectivity index (χ4v) is 5.52. The maximum atomic E-state index is 11.8. The number of aromatic nitrogens is 2. The summed E-state index contributed by atoms with van der Waals surface area (Å²) < 4.78 is 23.7. The van der Waals surface area contributed by atoms with E-state index in [0.29, 0.717) is 18.9 Å². The zero-order valence-corrected chi connectivity index (χ0v) is 15.1. The molecule has 0 radical (unpaired) electrons. The van der Waals surface area contributed by atoms with E-state index in [4.69, 9.17) is 4.98 Å². The van der Waals surface area contributed by atoms with E-state index in [1.54, 1.807) is 6.20 Å². The average molecular weight is 358 g/mol. The molecule has 0 amide bonds. The number of hydrogen-bond acceptors (Lipinski definition) is 6. The largest absolute Gasteiger partial charge is 0.337 e. The first kappa shape index (κ1) is 16.3. The Labute approximate surface area is 148 Å². The molecule has 1 aromatic heterocycles. The molecular formula is C18H22N4O2S. The van der Waals surface area contributed by atoms with Crippen LogP contribution in [0.1, 0.15) is 18.9 Å². The summed E-state index contributed by atoms with van der Waals surface area (Å²) in [7, 11) is -2.93. The van der Waals surface area contributed by atoms with E-state index in [2.05, 4.69) is 28.1 Å². The molecule has 0 bridgehead atoms. The Morgan fingerprint density at radius 1 is 1.28 bits per heavy atom. The Morgan fingerprint density at radius 3 is 2.88 bits per heavy atom. The first-order chi connectivity index (χ1) is 12.1. The van der Waals surface area contributed by atoms with Gasteiger partial charge >= 0.3 is 0 Å². The van der Waals surface area contributed by atoms with Gasteiger partial charge in [0.25, 0.3) is 0 Å². The van der Waals surface area contributed by atoms with E-state index >= 15 is 0 Å². The van der Waals surface area contributed by atoms with Crippen molar-refractivity contribution in [2.45, 2.75) is 25.8 Å². The van der Waals surface area contributed by atoms with Crippen molar-refractivity contribution in [3.8, 4) is 0 Å². The Balaban J connectivity index is 1.63. The molecule has 2 aliphatic rings. The molecule has 0 aliphatic carbocycles. The van der Waals surface area contributed by atoms with E-state index in [9.17, 15) is 8.42 Å². The van der Waals surface area contributed by atoms with Crippen LogP contribution in [0.2, 0.25) is 0 Å². The normalized spacial score (nSPS) is 21.3. The van der Waals surface area contributed by atoms with Crippen molar-refractivity contribution in [3.05, 3.63) is 42.1 Å². The molecule has 3 heterocycles. The molecule has 132 valence electrons. The molecule has 1 aromatic carbocycles. The lowest BCUT2D eigenvalue weighted by atomic mass is 10.2. The van der Waals surface area contributed by atoms with Gasteiger partial charge in [0.2, 0.25) is 5.95 Å². The van der Waals surface area contributed by atoms with Crippen LogP contribution >= 0.6 is 0 Å². The van der Waals surface area contributed by atoms with Crippen molar-refractivity contribution in [2.24, 2.45) is 0 Å². The molecule has 1 saturated heterocycles. The summed E-state index contributed by atoms with van der Waals surface area (Å²) in [5.74, 6) is 1.94. The summed E-state index contributed by atoms with van der Waals surface area (Å²) in [6.45, 7) is 3.62. The summed E-state index contributed by atoms with van der Waals surface area (Å²) in [5, 5.41) is 0. The Hall–Kier alpha value is -2.15. The standard InChI is InChI=1S/C18H22N4O2S/c1-2-21(15-9-12-25(23,24)13-15)18-19-10-7-17(20-18)22-11-8-14-5-3-4-6-16(14)22/h3-7,10,15H,2,8-9,11-13H2,1H3. The summed E-state index contributed by atoms with van der Waals surface area (Å²) >= 11 is 0. The Kier molecular flexibility index (Phi) is 4.11. The monoisotopic (exact) mass is 358 g/mol. The van der Waals surface area contributed by atoms with Crippen LogP contribution in [0.15, 0.2) is 36.5 Å². The molecule has 4 rings (SSSR count). The lowest BCUT2D eigenvalue weighted by molar-refractivity contribution is 0.599. The number of hydrogen-bond donors (Lipinski definition) is 0. The van der Waals surface area contributed by atoms with Crippen molar-refractivity contribution < 1.29 is 8.42 Å². The van der Waals surface area contributed by atoms with Gasteiger partial charge in [-0.1, -0.05) is 18.2 Å². The van der Waals surface area contributed by atoms with Crippen LogP contribution in [0.5, 0.6) is 0 Å². The van der Waals surface area contributed by atoms with E-state index < -0.39 is 9.84 Å². The molecule has 2 aromatic rings. The number of benzene rings is 1. The second kappa shape index (κ2) is 6.29. The van der Waals surface area contributed by atoms with Gasteiger partial charge in [-0.15, -0.1) is 0 Å². The maximum absolute atomic E-state index is 11.8. The zero-order chi connectivity index (χ0) is 17.4. The predicted molar refractivity (Wildman–Crippen MR) is 99.3 cm³/mol. The Bertz CT molecular complexity index is 884. The molecule has 0 saturated carbocycles. The lowest BCUT2D eigenvalue weighted by Gasteiger charge is -2.28. The topological polar surface area (TPSA) is 66.4 Å². The van der Waals surface area contributed by atoms with E-state index in [0.717, 1.165) is 18.8 Å². The summed E-state index contributed by atoms with van der Waals surface area (Å²) in [4.78, 5) is 13.4. The fraction of sp³-hybridized carbons (Fsp3) is 0.444. The number of rotatable bonds is 4. The molecule has 6 nitrogen and oxygen atoms in total. The fourth-order valence-electron chi connectivity index (χ4n) is 3.79. The van der Waals surface area contributed by atoms with Crippen molar-refractivity contribution in [1.29, 1.82) is 0 Å². The van der Waals surface area contributed by atoms with Crippen LogP contribution in [0.25, 0.3) is 0 Å². The number of anilines is 3. The highest BCUT2D eigenvalue weighted by Gasteiger charge is 2.33.